The molecule has 0 radical (unpaired) electrons. The van der Waals surface area contributed by atoms with Gasteiger partial charge in [-0.05, 0) is 20.3 Å². The molecule has 0 saturated carbocycles. The second-order valence-corrected chi connectivity index (χ2v) is 14.7. The molecule has 0 spiro atoms. The Morgan fingerprint density at radius 1 is 0.680 bits per heavy atom. The predicted octanol–water partition coefficient (Wildman–Crippen LogP) is 11.6. The van der Waals surface area contributed by atoms with Gasteiger partial charge in [-0.15, -0.1) is 0 Å². The maximum atomic E-state index is 11.9. The molecule has 1 unspecified atom stereocenters. The van der Waals surface area contributed by atoms with Gasteiger partial charge in [-0.2, -0.15) is 6.42 Å². The van der Waals surface area contributed by atoms with E-state index in [1.54, 1.807) is 0 Å². The molecule has 0 aromatic heterocycles. The summed E-state index contributed by atoms with van der Waals surface area (Å²) in [6.45, 7) is 14.2. The summed E-state index contributed by atoms with van der Waals surface area (Å²) >= 11 is 0. The van der Waals surface area contributed by atoms with Gasteiger partial charge in [0.15, 0.2) is 0 Å². The van der Waals surface area contributed by atoms with Crippen LogP contribution >= 0.6 is 0 Å². The Morgan fingerprint density at radius 2 is 1.06 bits per heavy atom. The minimum absolute atomic E-state index is 0. The van der Waals surface area contributed by atoms with Crippen LogP contribution in [0.25, 0.3) is 0 Å². The van der Waals surface area contributed by atoms with Crippen molar-refractivity contribution in [2.24, 2.45) is 0 Å². The number of nitrogens with one attached hydrogen (secondary N) is 1. The van der Waals surface area contributed by atoms with Crippen molar-refractivity contribution < 1.29 is 55.0 Å². The first kappa shape index (κ1) is 51.5. The van der Waals surface area contributed by atoms with Crippen LogP contribution in [-0.4, -0.2) is 61.1 Å². The first-order chi connectivity index (χ1) is 23.8. The number of amides is 1. The van der Waals surface area contributed by atoms with Gasteiger partial charge in [0, 0.05) is 31.7 Å². The number of hydrogen-bond donors (Lipinski definition) is 1. The van der Waals surface area contributed by atoms with Crippen molar-refractivity contribution in [3.63, 3.8) is 0 Å². The fourth-order valence-corrected chi connectivity index (χ4v) is 6.17. The van der Waals surface area contributed by atoms with Gasteiger partial charge in [-0.1, -0.05) is 174 Å². The molecule has 1 aliphatic heterocycles. The van der Waals surface area contributed by atoms with E-state index >= 15 is 0 Å². The maximum absolute atomic E-state index is 11.9. The van der Waals surface area contributed by atoms with Gasteiger partial charge in [0.1, 0.15) is 0 Å². The van der Waals surface area contributed by atoms with Gasteiger partial charge >= 0.3 is 43.2 Å². The van der Waals surface area contributed by atoms with E-state index in [-0.39, 0.29) is 49.7 Å². The monoisotopic (exact) mass is 931 g/mol. The van der Waals surface area contributed by atoms with Gasteiger partial charge in [0.25, 0.3) is 0 Å². The molecule has 0 aromatic rings. The maximum Gasteiger partial charge on any atom is 2.00 e. The molecule has 1 fully saturated rings. The SMILES string of the molecule is CCCCCCCCCCCCCCC[C-]=O.[CH2-]C(COC(=O)CCCCCCCCCCCCCCC)OC(=O)NC1CN(C(C)C)C1.[U+2]. The van der Waals surface area contributed by atoms with Crippen LogP contribution in [0.1, 0.15) is 207 Å². The van der Waals surface area contributed by atoms with E-state index in [0.29, 0.717) is 18.9 Å². The summed E-state index contributed by atoms with van der Waals surface area (Å²) in [6, 6.07) is 0.606. The molecule has 0 bridgehead atoms. The van der Waals surface area contributed by atoms with Crippen molar-refractivity contribution in [1.29, 1.82) is 0 Å². The van der Waals surface area contributed by atoms with Crippen LogP contribution in [0.2, 0.25) is 0 Å². The first-order valence-corrected chi connectivity index (χ1v) is 20.9. The third kappa shape index (κ3) is 35.8. The quantitative estimate of drug-likeness (QED) is 0.0401. The number of hydrogen-bond acceptors (Lipinski definition) is 6. The fraction of sp³-hybridized carbons (Fsp3) is 0.905. The van der Waals surface area contributed by atoms with Crippen molar-refractivity contribution >= 4 is 18.3 Å². The van der Waals surface area contributed by atoms with Crippen molar-refractivity contribution in [3.05, 3.63) is 6.92 Å². The number of unbranched alkanes of at least 4 members (excludes halogenated alkanes) is 25. The Kier molecular flexibility index (Phi) is 40.8. The number of ether oxygens (including phenoxy) is 2. The minimum Gasteiger partial charge on any atom is -0.542 e. The third-order valence-electron chi connectivity index (χ3n) is 9.53. The molecule has 50 heavy (non-hydrogen) atoms. The summed E-state index contributed by atoms with van der Waals surface area (Å²) in [5.74, 6) is -0.239. The van der Waals surface area contributed by atoms with E-state index in [2.05, 4.69) is 44.8 Å². The van der Waals surface area contributed by atoms with Crippen molar-refractivity contribution in [2.45, 2.75) is 226 Å². The van der Waals surface area contributed by atoms with E-state index in [4.69, 9.17) is 9.47 Å². The van der Waals surface area contributed by atoms with E-state index < -0.39 is 12.2 Å². The number of carbonyl (C=O) groups excluding carboxylic acids is 3. The van der Waals surface area contributed by atoms with Crippen molar-refractivity contribution in [3.8, 4) is 0 Å². The number of esters is 1. The van der Waals surface area contributed by atoms with Crippen LogP contribution in [-0.2, 0) is 19.1 Å². The standard InChI is InChI=1S/C26H49N2O4.C16H31O.U/c1-5-6-7-8-9-10-11-12-13-14-15-16-17-18-25(29)31-21-23(4)32-26(30)27-24-19-28(20-24)22(2)3;1-2-3-4-5-6-7-8-9-10-11-12-13-14-15-16-17;/h22-24H,4-21H2,1-3H3,(H,27,30);2-15H2,1H3;/q2*-1;+2. The van der Waals surface area contributed by atoms with Gasteiger partial charge in [-0.3, -0.25) is 22.9 Å². The Bertz CT molecular complexity index is 748. The summed E-state index contributed by atoms with van der Waals surface area (Å²) in [5, 5.41) is 2.82. The minimum atomic E-state index is -0.688. The molecule has 1 heterocycles. The van der Waals surface area contributed by atoms with Crippen molar-refractivity contribution in [1.82, 2.24) is 10.2 Å². The average Bonchev–Trinajstić information content (AvgIpc) is 3.06. The molecule has 1 aliphatic rings. The molecule has 1 saturated heterocycles. The third-order valence-corrected chi connectivity index (χ3v) is 9.53. The van der Waals surface area contributed by atoms with Gasteiger partial charge < -0.3 is 19.6 Å². The van der Waals surface area contributed by atoms with Crippen LogP contribution in [0.5, 0.6) is 0 Å². The van der Waals surface area contributed by atoms with E-state index in [9.17, 15) is 14.4 Å². The Balaban J connectivity index is 0. The zero-order valence-corrected chi connectivity index (χ0v) is 37.5. The van der Waals surface area contributed by atoms with Crippen LogP contribution in [0.3, 0.4) is 0 Å². The molecule has 0 aromatic carbocycles. The molecular formula is C42H80N2O5U. The Labute approximate surface area is 334 Å². The molecule has 8 heteroatoms. The summed E-state index contributed by atoms with van der Waals surface area (Å²) in [7, 11) is 0. The summed E-state index contributed by atoms with van der Waals surface area (Å²) in [6.07, 6.45) is 36.1. The molecule has 7 nitrogen and oxygen atoms in total. The summed E-state index contributed by atoms with van der Waals surface area (Å²) in [5.41, 5.74) is 0. The Hall–Kier alpha value is -0.578. The molecule has 0 aliphatic carbocycles. The van der Waals surface area contributed by atoms with Crippen LogP contribution in [0.4, 0.5) is 4.79 Å². The molecule has 1 rings (SSSR count). The number of likely N-dealkylation sites (tertiary alicyclic amines) is 1. The number of carbonyl (C=O) groups is 2. The molecule has 292 valence electrons. The zero-order valence-electron chi connectivity index (χ0n) is 33.3. The summed E-state index contributed by atoms with van der Waals surface area (Å²) in [4.78, 5) is 36.0. The zero-order chi connectivity index (χ0) is 36.2. The molecule has 1 N–H and O–H groups in total. The topological polar surface area (TPSA) is 84.9 Å². The molecule has 1 amide bonds. The van der Waals surface area contributed by atoms with E-state index in [0.717, 1.165) is 32.4 Å². The summed E-state index contributed by atoms with van der Waals surface area (Å²) < 4.78 is 10.4. The second-order valence-electron chi connectivity index (χ2n) is 14.7. The number of alkyl carbamates (subject to hydrolysis) is 1. The van der Waals surface area contributed by atoms with E-state index in [1.807, 2.05) is 6.29 Å². The van der Waals surface area contributed by atoms with Crippen LogP contribution < -0.4 is 5.32 Å². The van der Waals surface area contributed by atoms with Crippen LogP contribution in [0.15, 0.2) is 0 Å². The van der Waals surface area contributed by atoms with Crippen molar-refractivity contribution in [2.75, 3.05) is 19.7 Å². The second kappa shape index (κ2) is 39.6. The number of rotatable bonds is 33. The first-order valence-electron chi connectivity index (χ1n) is 20.9. The largest absolute Gasteiger partial charge is 2.00 e. The average molecular weight is 931 g/mol. The van der Waals surface area contributed by atoms with Gasteiger partial charge in [0.05, 0.1) is 12.6 Å². The molecule has 1 atom stereocenters. The van der Waals surface area contributed by atoms with E-state index in [1.165, 1.54) is 148 Å². The molecular weight excluding hydrogens is 851 g/mol. The van der Waals surface area contributed by atoms with Gasteiger partial charge in [-0.25, -0.2) is 4.79 Å². The normalized spacial score (nSPS) is 13.5. The predicted molar refractivity (Wildman–Crippen MR) is 207 cm³/mol. The Morgan fingerprint density at radius 3 is 1.44 bits per heavy atom. The smallest absolute Gasteiger partial charge is 0.542 e. The fourth-order valence-electron chi connectivity index (χ4n) is 6.17. The van der Waals surface area contributed by atoms with Crippen LogP contribution in [0, 0.1) is 38.0 Å². The van der Waals surface area contributed by atoms with Gasteiger partial charge in [0.2, 0.25) is 0 Å². The number of nitrogens with zero attached hydrogens (tertiary/aromatic N) is 1.